The first-order chi connectivity index (χ1) is 7.27. The second-order valence-corrected chi connectivity index (χ2v) is 3.37. The molecule has 2 aromatic heterocycles. The minimum absolute atomic E-state index is 0.682. The molecule has 0 saturated heterocycles. The van der Waals surface area contributed by atoms with Gasteiger partial charge in [-0.3, -0.25) is 4.68 Å². The Labute approximate surface area is 88.1 Å². The molecule has 2 rings (SSSR count). The van der Waals surface area contributed by atoms with Crippen molar-refractivity contribution < 1.29 is 0 Å². The van der Waals surface area contributed by atoms with E-state index in [2.05, 4.69) is 20.6 Å². The van der Waals surface area contributed by atoms with E-state index in [1.807, 2.05) is 26.1 Å². The fourth-order valence-corrected chi connectivity index (χ4v) is 1.32. The van der Waals surface area contributed by atoms with Crippen molar-refractivity contribution in [2.45, 2.75) is 13.5 Å². The van der Waals surface area contributed by atoms with Crippen molar-refractivity contribution in [1.82, 2.24) is 20.0 Å². The molecule has 0 spiro atoms. The molecule has 15 heavy (non-hydrogen) atoms. The maximum absolute atomic E-state index is 4.25. The summed E-state index contributed by atoms with van der Waals surface area (Å²) in [6.45, 7) is 2.71. The number of aryl methyl sites for hydroxylation is 2. The van der Waals surface area contributed by atoms with E-state index in [9.17, 15) is 0 Å². The Morgan fingerprint density at radius 2 is 2.33 bits per heavy atom. The Morgan fingerprint density at radius 3 is 3.00 bits per heavy atom. The normalized spacial score (nSPS) is 10.3. The minimum Gasteiger partial charge on any atom is -0.364 e. The van der Waals surface area contributed by atoms with Gasteiger partial charge in [0, 0.05) is 13.2 Å². The number of pyridine rings is 1. The van der Waals surface area contributed by atoms with Crippen LogP contribution in [0.15, 0.2) is 24.5 Å². The molecule has 5 heteroatoms. The predicted octanol–water partition coefficient (Wildman–Crippen LogP) is 1.13. The van der Waals surface area contributed by atoms with Crippen molar-refractivity contribution in [3.05, 3.63) is 35.8 Å². The Balaban J connectivity index is 2.06. The van der Waals surface area contributed by atoms with Crippen LogP contribution in [0.5, 0.6) is 0 Å². The largest absolute Gasteiger partial charge is 0.364 e. The summed E-state index contributed by atoms with van der Waals surface area (Å²) >= 11 is 0. The van der Waals surface area contributed by atoms with Crippen LogP contribution in [0, 0.1) is 6.92 Å². The number of hydrogen-bond donors (Lipinski definition) is 1. The molecule has 0 fully saturated rings. The van der Waals surface area contributed by atoms with E-state index in [1.165, 1.54) is 0 Å². The molecule has 0 atom stereocenters. The molecule has 0 aliphatic carbocycles. The van der Waals surface area contributed by atoms with Crippen LogP contribution < -0.4 is 5.32 Å². The van der Waals surface area contributed by atoms with Gasteiger partial charge in [-0.05, 0) is 18.6 Å². The third-order valence-electron chi connectivity index (χ3n) is 2.25. The maximum atomic E-state index is 4.25. The van der Waals surface area contributed by atoms with E-state index in [-0.39, 0.29) is 0 Å². The van der Waals surface area contributed by atoms with Crippen LogP contribution in [0.25, 0.3) is 0 Å². The zero-order chi connectivity index (χ0) is 10.7. The summed E-state index contributed by atoms with van der Waals surface area (Å²) in [5.41, 5.74) is 2.16. The highest BCUT2D eigenvalue weighted by atomic mass is 15.4. The van der Waals surface area contributed by atoms with Crippen LogP contribution in [0.3, 0.4) is 0 Å². The van der Waals surface area contributed by atoms with Gasteiger partial charge in [0.15, 0.2) is 0 Å². The molecule has 0 aromatic carbocycles. The van der Waals surface area contributed by atoms with Crippen molar-refractivity contribution in [2.75, 3.05) is 5.32 Å². The number of rotatable bonds is 3. The number of hydrogen-bond acceptors (Lipinski definition) is 4. The smallest absolute Gasteiger partial charge is 0.129 e. The van der Waals surface area contributed by atoms with Crippen LogP contribution in [0.2, 0.25) is 0 Å². The summed E-state index contributed by atoms with van der Waals surface area (Å²) in [5, 5.41) is 10.9. The van der Waals surface area contributed by atoms with Crippen LogP contribution in [0.1, 0.15) is 11.3 Å². The Morgan fingerprint density at radius 1 is 1.47 bits per heavy atom. The van der Waals surface area contributed by atoms with E-state index < -0.39 is 0 Å². The first kappa shape index (κ1) is 9.64. The monoisotopic (exact) mass is 203 g/mol. The number of nitrogens with zero attached hydrogens (tertiary/aromatic N) is 4. The van der Waals surface area contributed by atoms with Gasteiger partial charge >= 0.3 is 0 Å². The standard InChI is InChI=1S/C10H13N5/c1-8-4-3-5-11-10(8)12-6-9-7-13-14-15(9)2/h3-5,7H,6H2,1-2H3,(H,11,12). The Kier molecular flexibility index (Phi) is 2.62. The molecule has 0 radical (unpaired) electrons. The fraction of sp³-hybridized carbons (Fsp3) is 0.300. The number of anilines is 1. The maximum Gasteiger partial charge on any atom is 0.129 e. The molecule has 78 valence electrons. The first-order valence-electron chi connectivity index (χ1n) is 4.76. The average molecular weight is 203 g/mol. The Bertz CT molecular complexity index is 449. The summed E-state index contributed by atoms with van der Waals surface area (Å²) < 4.78 is 1.74. The van der Waals surface area contributed by atoms with Gasteiger partial charge in [-0.1, -0.05) is 11.3 Å². The lowest BCUT2D eigenvalue weighted by atomic mass is 10.3. The summed E-state index contributed by atoms with van der Waals surface area (Å²) in [4.78, 5) is 4.25. The lowest BCUT2D eigenvalue weighted by Gasteiger charge is -2.07. The summed E-state index contributed by atoms with van der Waals surface area (Å²) in [5.74, 6) is 0.902. The molecule has 1 N–H and O–H groups in total. The van der Waals surface area contributed by atoms with Gasteiger partial charge in [0.1, 0.15) is 5.82 Å². The minimum atomic E-state index is 0.682. The van der Waals surface area contributed by atoms with Gasteiger partial charge in [-0.2, -0.15) is 0 Å². The second kappa shape index (κ2) is 4.08. The molecule has 0 unspecified atom stereocenters. The van der Waals surface area contributed by atoms with Crippen molar-refractivity contribution in [3.63, 3.8) is 0 Å². The molecule has 5 nitrogen and oxygen atoms in total. The summed E-state index contributed by atoms with van der Waals surface area (Å²) in [6.07, 6.45) is 3.52. The first-order valence-corrected chi connectivity index (χ1v) is 4.76. The van der Waals surface area contributed by atoms with Gasteiger partial charge in [-0.25, -0.2) is 4.98 Å². The highest BCUT2D eigenvalue weighted by Gasteiger charge is 2.01. The quantitative estimate of drug-likeness (QED) is 0.812. The van der Waals surface area contributed by atoms with Gasteiger partial charge in [0.05, 0.1) is 18.4 Å². The zero-order valence-corrected chi connectivity index (χ0v) is 8.81. The molecular weight excluding hydrogens is 190 g/mol. The average Bonchev–Trinajstić information content (AvgIpc) is 2.63. The van der Waals surface area contributed by atoms with Gasteiger partial charge in [0.25, 0.3) is 0 Å². The lowest BCUT2D eigenvalue weighted by molar-refractivity contribution is 0.683. The van der Waals surface area contributed by atoms with Crippen LogP contribution in [-0.2, 0) is 13.6 Å². The van der Waals surface area contributed by atoms with Crippen LogP contribution in [0.4, 0.5) is 5.82 Å². The Hall–Kier alpha value is -1.91. The van der Waals surface area contributed by atoms with E-state index in [4.69, 9.17) is 0 Å². The number of aromatic nitrogens is 4. The summed E-state index contributed by atoms with van der Waals surface area (Å²) in [7, 11) is 1.87. The van der Waals surface area contributed by atoms with Gasteiger partial charge < -0.3 is 5.32 Å². The lowest BCUT2D eigenvalue weighted by Crippen LogP contribution is -2.07. The van der Waals surface area contributed by atoms with Gasteiger partial charge in [0.2, 0.25) is 0 Å². The zero-order valence-electron chi connectivity index (χ0n) is 8.81. The molecule has 2 heterocycles. The van der Waals surface area contributed by atoms with E-state index in [1.54, 1.807) is 17.1 Å². The SMILES string of the molecule is Cc1cccnc1NCc1cnnn1C. The van der Waals surface area contributed by atoms with Crippen molar-refractivity contribution in [3.8, 4) is 0 Å². The van der Waals surface area contributed by atoms with Gasteiger partial charge in [-0.15, -0.1) is 5.10 Å². The number of nitrogens with one attached hydrogen (secondary N) is 1. The molecule has 0 aliphatic heterocycles. The third-order valence-corrected chi connectivity index (χ3v) is 2.25. The van der Waals surface area contributed by atoms with E-state index >= 15 is 0 Å². The molecule has 2 aromatic rings. The molecule has 0 saturated carbocycles. The molecular formula is C10H13N5. The highest BCUT2D eigenvalue weighted by molar-refractivity contribution is 5.42. The van der Waals surface area contributed by atoms with Crippen LogP contribution in [-0.4, -0.2) is 20.0 Å². The van der Waals surface area contributed by atoms with Crippen molar-refractivity contribution in [1.29, 1.82) is 0 Å². The topological polar surface area (TPSA) is 55.6 Å². The third kappa shape index (κ3) is 2.12. The summed E-state index contributed by atoms with van der Waals surface area (Å²) in [6, 6.07) is 3.95. The molecule has 0 amide bonds. The second-order valence-electron chi connectivity index (χ2n) is 3.37. The van der Waals surface area contributed by atoms with Crippen molar-refractivity contribution in [2.24, 2.45) is 7.05 Å². The van der Waals surface area contributed by atoms with E-state index in [0.717, 1.165) is 17.1 Å². The predicted molar refractivity (Wildman–Crippen MR) is 57.3 cm³/mol. The fourth-order valence-electron chi connectivity index (χ4n) is 1.32. The van der Waals surface area contributed by atoms with Crippen molar-refractivity contribution >= 4 is 5.82 Å². The molecule has 0 bridgehead atoms. The highest BCUT2D eigenvalue weighted by Crippen LogP contribution is 2.10. The van der Waals surface area contributed by atoms with E-state index in [0.29, 0.717) is 6.54 Å². The van der Waals surface area contributed by atoms with Crippen LogP contribution >= 0.6 is 0 Å². The molecule has 0 aliphatic rings.